The van der Waals surface area contributed by atoms with Gasteiger partial charge in [0.1, 0.15) is 17.2 Å². The van der Waals surface area contributed by atoms with Crippen molar-refractivity contribution in [3.8, 4) is 22.6 Å². The van der Waals surface area contributed by atoms with Gasteiger partial charge in [-0.1, -0.05) is 39.0 Å². The highest BCUT2D eigenvalue weighted by molar-refractivity contribution is 5.79. The summed E-state index contributed by atoms with van der Waals surface area (Å²) < 4.78 is 0. The summed E-state index contributed by atoms with van der Waals surface area (Å²) in [5.41, 5.74) is 7.11. The molecule has 0 saturated heterocycles. The molecule has 0 unspecified atom stereocenters. The van der Waals surface area contributed by atoms with Crippen molar-refractivity contribution in [3.05, 3.63) is 59.7 Å². The van der Waals surface area contributed by atoms with Gasteiger partial charge in [0.15, 0.2) is 5.65 Å². The molecule has 1 N–H and O–H groups in total. The van der Waals surface area contributed by atoms with Gasteiger partial charge in [0.05, 0.1) is 11.4 Å². The number of H-pyrrole nitrogens is 1. The summed E-state index contributed by atoms with van der Waals surface area (Å²) in [6.07, 6.45) is 2.91. The van der Waals surface area contributed by atoms with Gasteiger partial charge in [0.2, 0.25) is 0 Å². The molecule has 28 heavy (non-hydrogen) atoms. The van der Waals surface area contributed by atoms with Crippen molar-refractivity contribution in [2.75, 3.05) is 0 Å². The first-order chi connectivity index (χ1) is 13.3. The van der Waals surface area contributed by atoms with Crippen LogP contribution in [0, 0.1) is 19.3 Å². The van der Waals surface area contributed by atoms with E-state index in [0.717, 1.165) is 46.1 Å². The highest BCUT2D eigenvalue weighted by Gasteiger charge is 2.13. The lowest BCUT2D eigenvalue weighted by molar-refractivity contribution is 0.411. The van der Waals surface area contributed by atoms with Crippen molar-refractivity contribution < 1.29 is 0 Å². The lowest BCUT2D eigenvalue weighted by atomic mass is 9.88. The number of nitrogens with zero attached hydrogens (tertiary/aromatic N) is 4. The monoisotopic (exact) mass is 371 g/mol. The molecule has 1 aromatic carbocycles. The van der Waals surface area contributed by atoms with Crippen LogP contribution in [-0.2, 0) is 6.42 Å². The summed E-state index contributed by atoms with van der Waals surface area (Å²) in [7, 11) is 0. The zero-order valence-electron chi connectivity index (χ0n) is 17.0. The second-order valence-corrected chi connectivity index (χ2v) is 8.51. The first-order valence-corrected chi connectivity index (χ1v) is 9.55. The largest absolute Gasteiger partial charge is 0.335 e. The van der Waals surface area contributed by atoms with Gasteiger partial charge < -0.3 is 4.98 Å². The summed E-state index contributed by atoms with van der Waals surface area (Å²) in [6.45, 7) is 10.6. The molecule has 0 atom stereocenters. The molecule has 0 aliphatic heterocycles. The van der Waals surface area contributed by atoms with Crippen molar-refractivity contribution in [2.24, 2.45) is 5.41 Å². The fraction of sp³-hybridized carbons (Fsp3) is 0.304. The van der Waals surface area contributed by atoms with E-state index in [9.17, 15) is 0 Å². The predicted octanol–water partition coefficient (Wildman–Crippen LogP) is 5.29. The fourth-order valence-electron chi connectivity index (χ4n) is 3.49. The molecule has 3 aromatic heterocycles. The molecule has 0 aliphatic carbocycles. The van der Waals surface area contributed by atoms with Crippen LogP contribution in [0.2, 0.25) is 0 Å². The lowest BCUT2D eigenvalue weighted by Crippen LogP contribution is -2.09. The van der Waals surface area contributed by atoms with Crippen LogP contribution < -0.4 is 0 Å². The van der Waals surface area contributed by atoms with E-state index in [1.807, 2.05) is 26.1 Å². The summed E-state index contributed by atoms with van der Waals surface area (Å²) in [5.74, 6) is 1.53. The second-order valence-electron chi connectivity index (χ2n) is 8.51. The number of imidazole rings is 1. The predicted molar refractivity (Wildman–Crippen MR) is 113 cm³/mol. The van der Waals surface area contributed by atoms with Gasteiger partial charge in [0, 0.05) is 17.3 Å². The molecule has 0 radical (unpaired) electrons. The third-order valence-corrected chi connectivity index (χ3v) is 4.63. The minimum absolute atomic E-state index is 0.242. The zero-order valence-corrected chi connectivity index (χ0v) is 17.0. The minimum Gasteiger partial charge on any atom is -0.335 e. The first kappa shape index (κ1) is 18.3. The normalized spacial score (nSPS) is 11.9. The van der Waals surface area contributed by atoms with Crippen LogP contribution in [0.1, 0.15) is 37.9 Å². The average Bonchev–Trinajstić information content (AvgIpc) is 3.05. The Balaban J connectivity index is 1.73. The van der Waals surface area contributed by atoms with Crippen LogP contribution in [0.5, 0.6) is 0 Å². The van der Waals surface area contributed by atoms with E-state index in [0.29, 0.717) is 5.65 Å². The van der Waals surface area contributed by atoms with Gasteiger partial charge in [-0.3, -0.25) is 4.98 Å². The third-order valence-electron chi connectivity index (χ3n) is 4.63. The number of benzene rings is 1. The van der Waals surface area contributed by atoms with Crippen molar-refractivity contribution >= 4 is 11.2 Å². The highest BCUT2D eigenvalue weighted by Crippen LogP contribution is 2.27. The van der Waals surface area contributed by atoms with E-state index in [2.05, 4.69) is 76.0 Å². The quantitative estimate of drug-likeness (QED) is 0.531. The fourth-order valence-corrected chi connectivity index (χ4v) is 3.49. The maximum Gasteiger partial charge on any atom is 0.181 e. The van der Waals surface area contributed by atoms with E-state index in [1.54, 1.807) is 0 Å². The summed E-state index contributed by atoms with van der Waals surface area (Å²) in [4.78, 5) is 21.5. The third kappa shape index (κ3) is 3.79. The summed E-state index contributed by atoms with van der Waals surface area (Å²) in [6, 6.07) is 12.6. The Bertz CT molecular complexity index is 1150. The number of aryl methyl sites for hydroxylation is 2. The number of aromatic amines is 1. The molecule has 0 aliphatic rings. The molecule has 0 bridgehead atoms. The Kier molecular flexibility index (Phi) is 4.46. The lowest BCUT2D eigenvalue weighted by Gasteiger charge is -2.18. The van der Waals surface area contributed by atoms with Crippen LogP contribution in [0.3, 0.4) is 0 Å². The number of rotatable bonds is 3. The molecule has 0 saturated carbocycles. The maximum atomic E-state index is 4.68. The molecule has 5 nitrogen and oxygen atoms in total. The highest BCUT2D eigenvalue weighted by atomic mass is 15.0. The minimum atomic E-state index is 0.242. The number of aromatic nitrogens is 5. The van der Waals surface area contributed by atoms with Crippen molar-refractivity contribution in [3.63, 3.8) is 0 Å². The van der Waals surface area contributed by atoms with Crippen LogP contribution in [0.15, 0.2) is 42.6 Å². The van der Waals surface area contributed by atoms with Crippen LogP contribution in [0.25, 0.3) is 33.8 Å². The van der Waals surface area contributed by atoms with Gasteiger partial charge in [-0.25, -0.2) is 15.0 Å². The van der Waals surface area contributed by atoms with E-state index in [-0.39, 0.29) is 5.41 Å². The molecule has 5 heteroatoms. The zero-order chi connectivity index (χ0) is 19.9. The van der Waals surface area contributed by atoms with Crippen LogP contribution in [0.4, 0.5) is 0 Å². The summed E-state index contributed by atoms with van der Waals surface area (Å²) in [5, 5.41) is 0. The van der Waals surface area contributed by atoms with Crippen molar-refractivity contribution in [1.29, 1.82) is 0 Å². The molecule has 0 spiro atoms. The summed E-state index contributed by atoms with van der Waals surface area (Å²) >= 11 is 0. The number of pyridine rings is 1. The Morgan fingerprint density at radius 2 is 1.71 bits per heavy atom. The molecule has 4 rings (SSSR count). The SMILES string of the molecule is Cc1nc(C)c2[nH]c(-c3cccc(-c4cc(CC(C)(C)C)ccn4)c3)nc2n1. The molecular formula is C23H25N5. The van der Waals surface area contributed by atoms with Crippen molar-refractivity contribution in [2.45, 2.75) is 41.0 Å². The standard InChI is InChI=1S/C23H25N5/c1-14-20-22(26-15(2)25-14)28-21(27-20)18-8-6-7-17(12-18)19-11-16(9-10-24-19)13-23(3,4)5/h6-12H,13H2,1-5H3,(H,25,26,27,28). The van der Waals surface area contributed by atoms with Gasteiger partial charge in [0.25, 0.3) is 0 Å². The van der Waals surface area contributed by atoms with Crippen LogP contribution >= 0.6 is 0 Å². The maximum absolute atomic E-state index is 4.68. The average molecular weight is 371 g/mol. The van der Waals surface area contributed by atoms with Crippen molar-refractivity contribution in [1.82, 2.24) is 24.9 Å². The first-order valence-electron chi connectivity index (χ1n) is 9.55. The van der Waals surface area contributed by atoms with Gasteiger partial charge in [-0.05, 0) is 49.4 Å². The Morgan fingerprint density at radius 3 is 2.50 bits per heavy atom. The smallest absolute Gasteiger partial charge is 0.181 e. The second kappa shape index (κ2) is 6.82. The molecule has 142 valence electrons. The number of nitrogens with one attached hydrogen (secondary N) is 1. The Morgan fingerprint density at radius 1 is 0.929 bits per heavy atom. The number of hydrogen-bond acceptors (Lipinski definition) is 4. The number of hydrogen-bond donors (Lipinski definition) is 1. The molecular weight excluding hydrogens is 346 g/mol. The van der Waals surface area contributed by atoms with Gasteiger partial charge >= 0.3 is 0 Å². The molecule has 0 amide bonds. The number of fused-ring (bicyclic) bond motifs is 1. The van der Waals surface area contributed by atoms with Crippen LogP contribution in [-0.4, -0.2) is 24.9 Å². The molecule has 3 heterocycles. The van der Waals surface area contributed by atoms with E-state index < -0.39 is 0 Å². The van der Waals surface area contributed by atoms with Gasteiger partial charge in [-0.2, -0.15) is 0 Å². The van der Waals surface area contributed by atoms with Gasteiger partial charge in [-0.15, -0.1) is 0 Å². The molecule has 0 fully saturated rings. The topological polar surface area (TPSA) is 67.3 Å². The Hall–Kier alpha value is -3.08. The van der Waals surface area contributed by atoms with E-state index in [4.69, 9.17) is 0 Å². The van der Waals surface area contributed by atoms with E-state index in [1.165, 1.54) is 5.56 Å². The molecule has 4 aromatic rings. The van der Waals surface area contributed by atoms with E-state index >= 15 is 0 Å². The Labute approximate surface area is 165 Å².